The Labute approximate surface area is 126 Å². The summed E-state index contributed by atoms with van der Waals surface area (Å²) >= 11 is 17.1. The van der Waals surface area contributed by atoms with Crippen molar-refractivity contribution in [3.63, 3.8) is 0 Å². The molecule has 0 fully saturated rings. The predicted molar refractivity (Wildman–Crippen MR) is 82.7 cm³/mol. The number of hydrogen-bond acceptors (Lipinski definition) is 2. The molecule has 2 rings (SSSR count). The van der Waals surface area contributed by atoms with Gasteiger partial charge in [-0.1, -0.05) is 23.2 Å². The predicted octanol–water partition coefficient (Wildman–Crippen LogP) is 3.21. The second kappa shape index (κ2) is 6.23. The van der Waals surface area contributed by atoms with Crippen molar-refractivity contribution in [2.75, 3.05) is 5.32 Å². The quantitative estimate of drug-likeness (QED) is 0.854. The SMILES string of the molecule is Cn1cc(CNC(=S)Nc2cc(Cl)ccc2Cl)cn1. The minimum Gasteiger partial charge on any atom is -0.358 e. The fourth-order valence-electron chi connectivity index (χ4n) is 1.51. The molecule has 7 heteroatoms. The summed E-state index contributed by atoms with van der Waals surface area (Å²) in [5.74, 6) is 0. The van der Waals surface area contributed by atoms with Gasteiger partial charge in [-0.25, -0.2) is 0 Å². The van der Waals surface area contributed by atoms with Gasteiger partial charge < -0.3 is 10.6 Å². The third-order valence-electron chi connectivity index (χ3n) is 2.39. The highest BCUT2D eigenvalue weighted by Crippen LogP contribution is 2.25. The molecule has 0 aliphatic heterocycles. The van der Waals surface area contributed by atoms with Gasteiger partial charge in [0.05, 0.1) is 16.9 Å². The van der Waals surface area contributed by atoms with Gasteiger partial charge in [0, 0.05) is 30.4 Å². The van der Waals surface area contributed by atoms with Crippen molar-refractivity contribution < 1.29 is 0 Å². The zero-order chi connectivity index (χ0) is 13.8. The van der Waals surface area contributed by atoms with Crippen LogP contribution in [0.1, 0.15) is 5.56 Å². The lowest BCUT2D eigenvalue weighted by molar-refractivity contribution is 0.766. The fraction of sp³-hybridized carbons (Fsp3) is 0.167. The molecule has 0 radical (unpaired) electrons. The summed E-state index contributed by atoms with van der Waals surface area (Å²) in [6, 6.07) is 5.17. The number of benzene rings is 1. The normalized spacial score (nSPS) is 10.3. The molecule has 4 nitrogen and oxygen atoms in total. The van der Waals surface area contributed by atoms with Crippen LogP contribution in [0.3, 0.4) is 0 Å². The molecule has 1 aromatic carbocycles. The van der Waals surface area contributed by atoms with Crippen LogP contribution in [0.25, 0.3) is 0 Å². The maximum Gasteiger partial charge on any atom is 0.171 e. The Morgan fingerprint density at radius 1 is 1.42 bits per heavy atom. The van der Waals surface area contributed by atoms with E-state index in [1.54, 1.807) is 29.1 Å². The van der Waals surface area contributed by atoms with Gasteiger partial charge in [0.15, 0.2) is 5.11 Å². The molecule has 1 aromatic heterocycles. The van der Waals surface area contributed by atoms with Gasteiger partial charge in [0.1, 0.15) is 0 Å². The smallest absolute Gasteiger partial charge is 0.171 e. The van der Waals surface area contributed by atoms with Crippen LogP contribution < -0.4 is 10.6 Å². The number of anilines is 1. The van der Waals surface area contributed by atoms with Crippen LogP contribution in [0.2, 0.25) is 10.0 Å². The molecule has 100 valence electrons. The molecular weight excluding hydrogens is 303 g/mol. The molecule has 0 unspecified atom stereocenters. The molecule has 1 heterocycles. The van der Waals surface area contributed by atoms with E-state index in [1.165, 1.54) is 0 Å². The molecule has 0 atom stereocenters. The van der Waals surface area contributed by atoms with Gasteiger partial charge in [0.2, 0.25) is 0 Å². The van der Waals surface area contributed by atoms with Crippen molar-refractivity contribution in [3.05, 3.63) is 46.2 Å². The lowest BCUT2D eigenvalue weighted by Gasteiger charge is -2.11. The van der Waals surface area contributed by atoms with Gasteiger partial charge in [-0.2, -0.15) is 5.10 Å². The van der Waals surface area contributed by atoms with Gasteiger partial charge in [-0.3, -0.25) is 4.68 Å². The molecule has 0 aliphatic rings. The first-order valence-electron chi connectivity index (χ1n) is 5.52. The van der Waals surface area contributed by atoms with E-state index in [0.29, 0.717) is 27.4 Å². The number of nitrogens with zero attached hydrogens (tertiary/aromatic N) is 2. The molecule has 0 bridgehead atoms. The molecule has 0 amide bonds. The lowest BCUT2D eigenvalue weighted by Crippen LogP contribution is -2.27. The molecule has 0 saturated heterocycles. The lowest BCUT2D eigenvalue weighted by atomic mass is 10.3. The van der Waals surface area contributed by atoms with Crippen molar-refractivity contribution >= 4 is 46.2 Å². The number of thiocarbonyl (C=S) groups is 1. The van der Waals surface area contributed by atoms with E-state index in [0.717, 1.165) is 5.56 Å². The highest BCUT2D eigenvalue weighted by Gasteiger charge is 2.04. The third kappa shape index (κ3) is 4.09. The summed E-state index contributed by atoms with van der Waals surface area (Å²) in [7, 11) is 1.87. The average molecular weight is 315 g/mol. The summed E-state index contributed by atoms with van der Waals surface area (Å²) in [4.78, 5) is 0. The van der Waals surface area contributed by atoms with Gasteiger partial charge >= 0.3 is 0 Å². The summed E-state index contributed by atoms with van der Waals surface area (Å²) < 4.78 is 1.74. The van der Waals surface area contributed by atoms with Gasteiger partial charge in [-0.15, -0.1) is 0 Å². The van der Waals surface area contributed by atoms with Crippen molar-refractivity contribution in [3.8, 4) is 0 Å². The average Bonchev–Trinajstić information content (AvgIpc) is 2.77. The Balaban J connectivity index is 1.92. The van der Waals surface area contributed by atoms with Crippen LogP contribution in [0.4, 0.5) is 5.69 Å². The van der Waals surface area contributed by atoms with Crippen molar-refractivity contribution in [1.82, 2.24) is 15.1 Å². The van der Waals surface area contributed by atoms with E-state index in [9.17, 15) is 0 Å². The number of hydrogen-bond donors (Lipinski definition) is 2. The molecular formula is C12H12Cl2N4S. The topological polar surface area (TPSA) is 41.9 Å². The van der Waals surface area contributed by atoms with Crippen LogP contribution >= 0.6 is 35.4 Å². The van der Waals surface area contributed by atoms with Crippen molar-refractivity contribution in [2.24, 2.45) is 7.05 Å². The Morgan fingerprint density at radius 3 is 2.89 bits per heavy atom. The standard InChI is InChI=1S/C12H12Cl2N4S/c1-18-7-8(6-16-18)5-15-12(19)17-11-4-9(13)2-3-10(11)14/h2-4,6-7H,5H2,1H3,(H2,15,17,19). The first kappa shape index (κ1) is 14.1. The Morgan fingerprint density at radius 2 is 2.21 bits per heavy atom. The fourth-order valence-corrected chi connectivity index (χ4v) is 2.02. The second-order valence-electron chi connectivity index (χ2n) is 3.95. The van der Waals surface area contributed by atoms with Gasteiger partial charge in [0.25, 0.3) is 0 Å². The Bertz CT molecular complexity index is 597. The Kier molecular flexibility index (Phi) is 4.63. The van der Waals surface area contributed by atoms with Crippen LogP contribution in [-0.4, -0.2) is 14.9 Å². The van der Waals surface area contributed by atoms with Crippen LogP contribution in [0, 0.1) is 0 Å². The zero-order valence-electron chi connectivity index (χ0n) is 10.2. The maximum absolute atomic E-state index is 6.04. The first-order chi connectivity index (χ1) is 9.04. The van der Waals surface area contributed by atoms with E-state index in [4.69, 9.17) is 35.4 Å². The zero-order valence-corrected chi connectivity index (χ0v) is 12.5. The molecule has 19 heavy (non-hydrogen) atoms. The number of aryl methyl sites for hydroxylation is 1. The van der Waals surface area contributed by atoms with Crippen molar-refractivity contribution in [2.45, 2.75) is 6.54 Å². The number of aromatic nitrogens is 2. The van der Waals surface area contributed by atoms with Crippen LogP contribution in [0.5, 0.6) is 0 Å². The first-order valence-corrected chi connectivity index (χ1v) is 6.68. The van der Waals surface area contributed by atoms with E-state index >= 15 is 0 Å². The number of nitrogens with one attached hydrogen (secondary N) is 2. The summed E-state index contributed by atoms with van der Waals surface area (Å²) in [5.41, 5.74) is 1.72. The highest BCUT2D eigenvalue weighted by molar-refractivity contribution is 7.80. The minimum atomic E-state index is 0.480. The summed E-state index contributed by atoms with van der Waals surface area (Å²) in [5, 5.41) is 11.8. The van der Waals surface area contributed by atoms with E-state index < -0.39 is 0 Å². The summed E-state index contributed by atoms with van der Waals surface area (Å²) in [6.07, 6.45) is 3.70. The van der Waals surface area contributed by atoms with E-state index in [2.05, 4.69) is 15.7 Å². The summed E-state index contributed by atoms with van der Waals surface area (Å²) in [6.45, 7) is 0.595. The molecule has 0 spiro atoms. The Hall–Kier alpha value is -1.30. The maximum atomic E-state index is 6.04. The third-order valence-corrected chi connectivity index (χ3v) is 3.20. The highest BCUT2D eigenvalue weighted by atomic mass is 35.5. The monoisotopic (exact) mass is 314 g/mol. The van der Waals surface area contributed by atoms with Crippen LogP contribution in [0.15, 0.2) is 30.6 Å². The second-order valence-corrected chi connectivity index (χ2v) is 5.21. The van der Waals surface area contributed by atoms with Crippen LogP contribution in [-0.2, 0) is 13.6 Å². The molecule has 0 aliphatic carbocycles. The van der Waals surface area contributed by atoms with Crippen molar-refractivity contribution in [1.29, 1.82) is 0 Å². The van der Waals surface area contributed by atoms with E-state index in [-0.39, 0.29) is 0 Å². The number of halogens is 2. The van der Waals surface area contributed by atoms with E-state index in [1.807, 2.05) is 13.2 Å². The molecule has 2 N–H and O–H groups in total. The largest absolute Gasteiger partial charge is 0.358 e. The minimum absolute atomic E-state index is 0.480. The molecule has 0 saturated carbocycles. The number of rotatable bonds is 3. The molecule has 2 aromatic rings. The van der Waals surface area contributed by atoms with Gasteiger partial charge in [-0.05, 0) is 30.4 Å².